The monoisotopic (exact) mass is 468 g/mol. The van der Waals surface area contributed by atoms with Crippen LogP contribution in [0.1, 0.15) is 23.7 Å². The van der Waals surface area contributed by atoms with E-state index in [1.807, 2.05) is 35.2 Å². The maximum Gasteiger partial charge on any atom is 0.163 e. The van der Waals surface area contributed by atoms with E-state index in [1.54, 1.807) is 19.5 Å². The number of β-amino-alcohol motifs (C(OH)–C–C–N with tert-alkyl or cyclic N) is 1. The molecule has 5 rings (SSSR count). The van der Waals surface area contributed by atoms with Crippen LogP contribution in [0.5, 0.6) is 5.75 Å². The Bertz CT molecular complexity index is 1250. The van der Waals surface area contributed by atoms with E-state index in [2.05, 4.69) is 24.9 Å². The predicted octanol–water partition coefficient (Wildman–Crippen LogP) is 2.88. The molecule has 1 aliphatic rings. The summed E-state index contributed by atoms with van der Waals surface area (Å²) < 4.78 is 24.2. The van der Waals surface area contributed by atoms with Gasteiger partial charge < -0.3 is 15.2 Å². The molecule has 3 atom stereocenters. The first-order valence-corrected chi connectivity index (χ1v) is 11.7. The molecule has 3 aromatic heterocycles. The van der Waals surface area contributed by atoms with E-state index in [4.69, 9.17) is 4.74 Å². The van der Waals surface area contributed by atoms with Crippen LogP contribution in [0.25, 0.3) is 21.3 Å². The zero-order valence-corrected chi connectivity index (χ0v) is 19.0. The number of aromatic nitrogens is 4. The summed E-state index contributed by atoms with van der Waals surface area (Å²) in [6, 6.07) is 9.11. The number of piperidine rings is 1. The Morgan fingerprint density at radius 1 is 1.27 bits per heavy atom. The first-order chi connectivity index (χ1) is 16.1. The van der Waals surface area contributed by atoms with Crippen molar-refractivity contribution in [1.29, 1.82) is 0 Å². The van der Waals surface area contributed by atoms with Crippen LogP contribution in [0.15, 0.2) is 42.7 Å². The minimum Gasteiger partial charge on any atom is -0.497 e. The van der Waals surface area contributed by atoms with Gasteiger partial charge in [-0.2, -0.15) is 0 Å². The molecule has 0 spiro atoms. The van der Waals surface area contributed by atoms with Gasteiger partial charge in [-0.1, -0.05) is 4.49 Å². The second-order valence-electron chi connectivity index (χ2n) is 8.29. The molecule has 0 radical (unpaired) electrons. The van der Waals surface area contributed by atoms with Crippen molar-refractivity contribution in [1.82, 2.24) is 29.8 Å². The molecule has 8 nitrogen and oxygen atoms in total. The van der Waals surface area contributed by atoms with E-state index in [0.29, 0.717) is 31.8 Å². The van der Waals surface area contributed by atoms with Gasteiger partial charge in [-0.25, -0.2) is 9.37 Å². The number of ether oxygens (including phenoxy) is 1. The largest absolute Gasteiger partial charge is 0.497 e. The minimum absolute atomic E-state index is 0.242. The van der Waals surface area contributed by atoms with Crippen LogP contribution in [0.3, 0.4) is 0 Å². The molecular formula is C23H25FN6O2S. The zero-order chi connectivity index (χ0) is 22.8. The number of nitrogens with one attached hydrogen (secondary N) is 1. The molecule has 1 saturated heterocycles. The first kappa shape index (κ1) is 22.0. The summed E-state index contributed by atoms with van der Waals surface area (Å²) in [6.07, 6.45) is 2.35. The molecule has 1 aliphatic heterocycles. The fourth-order valence-corrected chi connectivity index (χ4v) is 4.84. The van der Waals surface area contributed by atoms with Gasteiger partial charge in [-0.05, 0) is 54.4 Å². The number of nitrogens with zero attached hydrogens (tertiary/aromatic N) is 5. The van der Waals surface area contributed by atoms with Crippen molar-refractivity contribution in [3.63, 3.8) is 0 Å². The lowest BCUT2D eigenvalue weighted by molar-refractivity contribution is 0.0571. The van der Waals surface area contributed by atoms with Gasteiger partial charge in [-0.3, -0.25) is 9.88 Å². The van der Waals surface area contributed by atoms with Crippen molar-refractivity contribution < 1.29 is 14.2 Å². The summed E-state index contributed by atoms with van der Waals surface area (Å²) in [7, 11) is 1.61. The molecule has 4 heterocycles. The molecule has 0 saturated carbocycles. The van der Waals surface area contributed by atoms with Crippen LogP contribution in [-0.2, 0) is 6.54 Å². The van der Waals surface area contributed by atoms with E-state index >= 15 is 0 Å². The third-order valence-electron chi connectivity index (χ3n) is 6.13. The van der Waals surface area contributed by atoms with E-state index in [9.17, 15) is 9.50 Å². The number of aliphatic hydroxyl groups is 1. The lowest BCUT2D eigenvalue weighted by Gasteiger charge is -2.36. The first-order valence-electron chi connectivity index (χ1n) is 10.9. The number of likely N-dealkylation sites (tertiary alicyclic amines) is 1. The highest BCUT2D eigenvalue weighted by atomic mass is 32.1. The number of hydrogen-bond acceptors (Lipinski definition) is 9. The summed E-state index contributed by atoms with van der Waals surface area (Å²) in [5, 5.41) is 19.1. The van der Waals surface area contributed by atoms with Crippen molar-refractivity contribution in [2.45, 2.75) is 31.3 Å². The van der Waals surface area contributed by atoms with Crippen LogP contribution in [-0.4, -0.2) is 68.5 Å². The smallest absolute Gasteiger partial charge is 0.163 e. The van der Waals surface area contributed by atoms with Crippen molar-refractivity contribution in [3.05, 3.63) is 53.9 Å². The highest BCUT2D eigenvalue weighted by Crippen LogP contribution is 2.28. The van der Waals surface area contributed by atoms with Gasteiger partial charge in [0.05, 0.1) is 18.7 Å². The maximum absolute atomic E-state index is 15.0. The Hall–Kier alpha value is -2.79. The molecule has 1 fully saturated rings. The number of rotatable bonds is 7. The van der Waals surface area contributed by atoms with Crippen molar-refractivity contribution >= 4 is 32.8 Å². The van der Waals surface area contributed by atoms with Gasteiger partial charge in [0.2, 0.25) is 0 Å². The maximum atomic E-state index is 15.0. The molecule has 33 heavy (non-hydrogen) atoms. The van der Waals surface area contributed by atoms with E-state index < -0.39 is 12.3 Å². The van der Waals surface area contributed by atoms with Gasteiger partial charge in [0.25, 0.3) is 0 Å². The van der Waals surface area contributed by atoms with Crippen molar-refractivity contribution in [2.75, 3.05) is 26.7 Å². The van der Waals surface area contributed by atoms with Crippen LogP contribution in [0.2, 0.25) is 0 Å². The molecule has 4 aromatic rings. The van der Waals surface area contributed by atoms with Gasteiger partial charge in [0.15, 0.2) is 4.83 Å². The highest BCUT2D eigenvalue weighted by Gasteiger charge is 2.30. The fraction of sp³-hybridized carbons (Fsp3) is 0.391. The number of pyridine rings is 2. The summed E-state index contributed by atoms with van der Waals surface area (Å²) in [5.41, 5.74) is 3.29. The zero-order valence-electron chi connectivity index (χ0n) is 18.2. The molecule has 172 valence electrons. The van der Waals surface area contributed by atoms with E-state index in [-0.39, 0.29) is 12.6 Å². The average Bonchev–Trinajstić information content (AvgIpc) is 3.30. The summed E-state index contributed by atoms with van der Waals surface area (Å²) in [6.45, 7) is 1.86. The topological polar surface area (TPSA) is 96.3 Å². The van der Waals surface area contributed by atoms with Crippen molar-refractivity contribution in [3.8, 4) is 5.75 Å². The molecule has 1 aromatic carbocycles. The number of halogens is 1. The number of methoxy groups -OCH3 is 1. The molecule has 1 unspecified atom stereocenters. The highest BCUT2D eigenvalue weighted by molar-refractivity contribution is 7.12. The Balaban J connectivity index is 1.19. The molecule has 0 bridgehead atoms. The average molecular weight is 469 g/mol. The number of fused-ring (bicyclic) bond motifs is 2. The van der Waals surface area contributed by atoms with Gasteiger partial charge in [-0.15, -0.1) is 5.10 Å². The normalized spacial score (nSPS) is 20.3. The molecule has 0 amide bonds. The quantitative estimate of drug-likeness (QED) is 0.428. The summed E-state index contributed by atoms with van der Waals surface area (Å²) in [5.74, 6) is 0.708. The fourth-order valence-electron chi connectivity index (χ4n) is 4.34. The number of hydrogen-bond donors (Lipinski definition) is 2. The van der Waals surface area contributed by atoms with Crippen molar-refractivity contribution in [2.24, 2.45) is 0 Å². The number of aliphatic hydroxyl groups excluding tert-OH is 1. The van der Waals surface area contributed by atoms with E-state index in [1.165, 1.54) is 11.5 Å². The number of alkyl halides is 1. The Kier molecular flexibility index (Phi) is 6.41. The van der Waals surface area contributed by atoms with Gasteiger partial charge in [0, 0.05) is 55.0 Å². The second kappa shape index (κ2) is 9.60. The Morgan fingerprint density at radius 3 is 3.03 bits per heavy atom. The standard InChI is InChI=1S/C23H25FN6O2S/c1-32-15-2-3-19-17(9-15)16(4-6-25-19)22(31)13-30-7-5-20(18(24)12-30)26-10-14-8-21-23(27-11-14)33-29-28-21/h2-4,6,8-9,11,18,20,22,26,31H,5,7,10,12-13H2,1H3/t18-,20+,22?/m0/s1. The molecule has 0 aliphatic carbocycles. The Morgan fingerprint density at radius 2 is 2.18 bits per heavy atom. The summed E-state index contributed by atoms with van der Waals surface area (Å²) >= 11 is 1.26. The van der Waals surface area contributed by atoms with E-state index in [0.717, 1.165) is 32.4 Å². The van der Waals surface area contributed by atoms with Crippen LogP contribution < -0.4 is 10.1 Å². The third-order valence-corrected chi connectivity index (χ3v) is 6.78. The lowest BCUT2D eigenvalue weighted by Crippen LogP contribution is -2.51. The molecular weight excluding hydrogens is 443 g/mol. The van der Waals surface area contributed by atoms with Crippen LogP contribution in [0, 0.1) is 0 Å². The van der Waals surface area contributed by atoms with Gasteiger partial charge in [0.1, 0.15) is 17.4 Å². The minimum atomic E-state index is -1.03. The summed E-state index contributed by atoms with van der Waals surface area (Å²) in [4.78, 5) is 11.5. The Labute approximate surface area is 194 Å². The molecule has 10 heteroatoms. The molecule has 2 N–H and O–H groups in total. The van der Waals surface area contributed by atoms with Crippen LogP contribution in [0.4, 0.5) is 4.39 Å². The predicted molar refractivity (Wildman–Crippen MR) is 125 cm³/mol. The van der Waals surface area contributed by atoms with Gasteiger partial charge >= 0.3 is 0 Å². The van der Waals surface area contributed by atoms with Crippen LogP contribution >= 0.6 is 11.5 Å². The SMILES string of the molecule is COc1ccc2nccc(C(O)CN3CC[C@@H](NCc4cnc5snnc5c4)[C@@H](F)C3)c2c1. The lowest BCUT2D eigenvalue weighted by atomic mass is 10.00. The number of benzene rings is 1. The second-order valence-corrected chi connectivity index (χ2v) is 9.02. The third kappa shape index (κ3) is 4.79.